The van der Waals surface area contributed by atoms with Crippen molar-refractivity contribution in [2.75, 3.05) is 13.7 Å². The van der Waals surface area contributed by atoms with Crippen LogP contribution in [0.2, 0.25) is 0 Å². The van der Waals surface area contributed by atoms with Gasteiger partial charge in [0, 0.05) is 29.6 Å². The van der Waals surface area contributed by atoms with Gasteiger partial charge in [0.2, 0.25) is 0 Å². The molecule has 0 aliphatic carbocycles. The minimum absolute atomic E-state index is 0.0911. The fraction of sp³-hybridized carbons (Fsp3) is 0.600. The van der Waals surface area contributed by atoms with Crippen LogP contribution in [-0.2, 0) is 13.0 Å². The van der Waals surface area contributed by atoms with Crippen molar-refractivity contribution in [1.82, 2.24) is 5.32 Å². The van der Waals surface area contributed by atoms with Crippen molar-refractivity contribution < 1.29 is 14.6 Å². The minimum atomic E-state index is -0.307. The first-order valence-corrected chi connectivity index (χ1v) is 6.67. The molecule has 0 amide bonds. The van der Waals surface area contributed by atoms with E-state index in [0.29, 0.717) is 6.54 Å². The number of aliphatic hydroxyl groups is 1. The van der Waals surface area contributed by atoms with E-state index in [1.165, 1.54) is 5.56 Å². The van der Waals surface area contributed by atoms with E-state index in [2.05, 4.69) is 18.3 Å². The fourth-order valence-electron chi connectivity index (χ4n) is 2.20. The van der Waals surface area contributed by atoms with Crippen LogP contribution >= 0.6 is 0 Å². The smallest absolute Gasteiger partial charge is 0.123 e. The van der Waals surface area contributed by atoms with E-state index in [9.17, 15) is 5.11 Å². The van der Waals surface area contributed by atoms with Gasteiger partial charge in [-0.2, -0.15) is 0 Å². The standard InChI is InChI=1S/C15H23NO3/c1-10-5-11-6-13(18-4)12(7-14(11)19-10)8-16-15(2,3)9-17/h6-7,10,16-17H,5,8-9H2,1-4H3. The number of hydrogen-bond acceptors (Lipinski definition) is 4. The first-order chi connectivity index (χ1) is 8.95. The SMILES string of the molecule is COc1cc2c(cc1CNC(C)(C)CO)OC(C)C2. The van der Waals surface area contributed by atoms with Gasteiger partial charge >= 0.3 is 0 Å². The van der Waals surface area contributed by atoms with Crippen LogP contribution < -0.4 is 14.8 Å². The molecule has 0 spiro atoms. The van der Waals surface area contributed by atoms with Crippen LogP contribution in [0.1, 0.15) is 31.9 Å². The number of nitrogens with one attached hydrogen (secondary N) is 1. The van der Waals surface area contributed by atoms with E-state index in [-0.39, 0.29) is 18.2 Å². The summed E-state index contributed by atoms with van der Waals surface area (Å²) in [7, 11) is 1.68. The molecule has 0 saturated carbocycles. The van der Waals surface area contributed by atoms with Gasteiger partial charge in [-0.25, -0.2) is 0 Å². The molecule has 1 aromatic rings. The van der Waals surface area contributed by atoms with Crippen molar-refractivity contribution in [1.29, 1.82) is 0 Å². The zero-order valence-electron chi connectivity index (χ0n) is 12.1. The Balaban J connectivity index is 2.19. The maximum absolute atomic E-state index is 9.27. The highest BCUT2D eigenvalue weighted by atomic mass is 16.5. The molecule has 4 heteroatoms. The molecule has 1 aliphatic heterocycles. The highest BCUT2D eigenvalue weighted by Gasteiger charge is 2.22. The Labute approximate surface area is 114 Å². The van der Waals surface area contributed by atoms with Crippen LogP contribution in [0.25, 0.3) is 0 Å². The molecule has 1 unspecified atom stereocenters. The number of aliphatic hydroxyl groups excluding tert-OH is 1. The molecule has 0 fully saturated rings. The maximum Gasteiger partial charge on any atom is 0.123 e. The molecule has 0 radical (unpaired) electrons. The molecule has 106 valence electrons. The summed E-state index contributed by atoms with van der Waals surface area (Å²) in [4.78, 5) is 0. The van der Waals surface area contributed by atoms with Gasteiger partial charge in [0.25, 0.3) is 0 Å². The predicted octanol–water partition coefficient (Wildman–Crippen LogP) is 1.88. The van der Waals surface area contributed by atoms with Gasteiger partial charge in [-0.15, -0.1) is 0 Å². The molecule has 4 nitrogen and oxygen atoms in total. The molecule has 2 N–H and O–H groups in total. The van der Waals surface area contributed by atoms with Crippen LogP contribution in [0.15, 0.2) is 12.1 Å². The molecule has 0 bridgehead atoms. The number of benzene rings is 1. The summed E-state index contributed by atoms with van der Waals surface area (Å²) in [5.41, 5.74) is 1.95. The van der Waals surface area contributed by atoms with Gasteiger partial charge in [-0.1, -0.05) is 0 Å². The molecular weight excluding hydrogens is 242 g/mol. The minimum Gasteiger partial charge on any atom is -0.496 e. The van der Waals surface area contributed by atoms with Gasteiger partial charge in [-0.3, -0.25) is 0 Å². The lowest BCUT2D eigenvalue weighted by Gasteiger charge is -2.24. The first kappa shape index (κ1) is 14.2. The summed E-state index contributed by atoms with van der Waals surface area (Å²) in [6, 6.07) is 4.10. The molecular formula is C15H23NO3. The van der Waals surface area contributed by atoms with Crippen LogP contribution in [-0.4, -0.2) is 30.5 Å². The van der Waals surface area contributed by atoms with Crippen molar-refractivity contribution >= 4 is 0 Å². The van der Waals surface area contributed by atoms with Gasteiger partial charge in [0.05, 0.1) is 13.7 Å². The van der Waals surface area contributed by atoms with Gasteiger partial charge < -0.3 is 19.9 Å². The third-order valence-electron chi connectivity index (χ3n) is 3.45. The van der Waals surface area contributed by atoms with Crippen LogP contribution in [0.5, 0.6) is 11.5 Å². The largest absolute Gasteiger partial charge is 0.496 e. The summed E-state index contributed by atoms with van der Waals surface area (Å²) < 4.78 is 11.2. The summed E-state index contributed by atoms with van der Waals surface area (Å²) in [5.74, 6) is 1.82. The van der Waals surface area contributed by atoms with E-state index >= 15 is 0 Å². The summed E-state index contributed by atoms with van der Waals surface area (Å²) in [6.07, 6.45) is 1.17. The number of rotatable bonds is 5. The van der Waals surface area contributed by atoms with Gasteiger partial charge in [0.15, 0.2) is 0 Å². The second-order valence-corrected chi connectivity index (χ2v) is 5.80. The average Bonchev–Trinajstić information content (AvgIpc) is 2.74. The Morgan fingerprint density at radius 2 is 2.21 bits per heavy atom. The number of ether oxygens (including phenoxy) is 2. The highest BCUT2D eigenvalue weighted by Crippen LogP contribution is 2.35. The van der Waals surface area contributed by atoms with Crippen LogP contribution in [0, 0.1) is 0 Å². The molecule has 1 aliphatic rings. The lowest BCUT2D eigenvalue weighted by atomic mass is 10.0. The first-order valence-electron chi connectivity index (χ1n) is 6.67. The summed E-state index contributed by atoms with van der Waals surface area (Å²) in [5, 5.41) is 12.6. The third kappa shape index (κ3) is 3.19. The topological polar surface area (TPSA) is 50.7 Å². The van der Waals surface area contributed by atoms with E-state index < -0.39 is 0 Å². The molecule has 1 heterocycles. The summed E-state index contributed by atoms with van der Waals surface area (Å²) in [6.45, 7) is 6.73. The number of hydrogen-bond donors (Lipinski definition) is 2. The quantitative estimate of drug-likeness (QED) is 0.853. The third-order valence-corrected chi connectivity index (χ3v) is 3.45. The number of fused-ring (bicyclic) bond motifs is 1. The van der Waals surface area contributed by atoms with Crippen LogP contribution in [0.3, 0.4) is 0 Å². The normalized spacial score (nSPS) is 18.1. The monoisotopic (exact) mass is 265 g/mol. The van der Waals surface area contributed by atoms with E-state index in [0.717, 1.165) is 23.5 Å². The van der Waals surface area contributed by atoms with E-state index in [1.807, 2.05) is 19.9 Å². The molecule has 0 aromatic heterocycles. The second-order valence-electron chi connectivity index (χ2n) is 5.80. The van der Waals surface area contributed by atoms with Crippen molar-refractivity contribution in [2.45, 2.75) is 45.4 Å². The zero-order chi connectivity index (χ0) is 14.0. The fourth-order valence-corrected chi connectivity index (χ4v) is 2.20. The van der Waals surface area contributed by atoms with Gasteiger partial charge in [-0.05, 0) is 32.9 Å². The lowest BCUT2D eigenvalue weighted by molar-refractivity contribution is 0.187. The zero-order valence-corrected chi connectivity index (χ0v) is 12.1. The Morgan fingerprint density at radius 3 is 2.84 bits per heavy atom. The molecule has 19 heavy (non-hydrogen) atoms. The van der Waals surface area contributed by atoms with E-state index in [4.69, 9.17) is 9.47 Å². The van der Waals surface area contributed by atoms with Crippen molar-refractivity contribution in [3.63, 3.8) is 0 Å². The van der Waals surface area contributed by atoms with Crippen molar-refractivity contribution in [3.05, 3.63) is 23.3 Å². The molecule has 0 saturated heterocycles. The Hall–Kier alpha value is -1.26. The number of methoxy groups -OCH3 is 1. The second kappa shape index (κ2) is 5.39. The van der Waals surface area contributed by atoms with Gasteiger partial charge in [0.1, 0.15) is 17.6 Å². The Morgan fingerprint density at radius 1 is 1.47 bits per heavy atom. The average molecular weight is 265 g/mol. The highest BCUT2D eigenvalue weighted by molar-refractivity contribution is 5.48. The Kier molecular flexibility index (Phi) is 4.02. The van der Waals surface area contributed by atoms with E-state index in [1.54, 1.807) is 7.11 Å². The molecule has 2 rings (SSSR count). The predicted molar refractivity (Wildman–Crippen MR) is 74.8 cm³/mol. The van der Waals surface area contributed by atoms with Crippen LogP contribution in [0.4, 0.5) is 0 Å². The maximum atomic E-state index is 9.27. The van der Waals surface area contributed by atoms with Crippen molar-refractivity contribution in [3.8, 4) is 11.5 Å². The summed E-state index contributed by atoms with van der Waals surface area (Å²) >= 11 is 0. The molecule has 1 atom stereocenters. The molecule has 1 aromatic carbocycles. The van der Waals surface area contributed by atoms with Crippen molar-refractivity contribution in [2.24, 2.45) is 0 Å². The Bertz CT molecular complexity index is 457. The lowest BCUT2D eigenvalue weighted by Crippen LogP contribution is -2.42.